The van der Waals surface area contributed by atoms with E-state index in [1.807, 2.05) is 11.8 Å². The highest BCUT2D eigenvalue weighted by Crippen LogP contribution is 2.25. The summed E-state index contributed by atoms with van der Waals surface area (Å²) in [5.74, 6) is 1.21. The molecule has 2 aliphatic heterocycles. The molecule has 4 heterocycles. The number of nitrogens with one attached hydrogen (secondary N) is 1. The Balaban J connectivity index is 1.23. The van der Waals surface area contributed by atoms with Crippen LogP contribution in [0.15, 0.2) is 22.0 Å². The van der Waals surface area contributed by atoms with Gasteiger partial charge in [0.2, 0.25) is 11.8 Å². The molecule has 2 amide bonds. The minimum atomic E-state index is -0.135. The highest BCUT2D eigenvalue weighted by molar-refractivity contribution is 7.10. The molecule has 1 saturated heterocycles. The summed E-state index contributed by atoms with van der Waals surface area (Å²) < 4.78 is 4.96. The molecular weight excluding hydrogens is 390 g/mol. The maximum atomic E-state index is 13.0. The fourth-order valence-corrected chi connectivity index (χ4v) is 4.87. The SMILES string of the molecule is Cc1cc(NC(=O)CN2CCN(C(C)C(=O)N3CCc4sccc4C3)CC2)no1. The van der Waals surface area contributed by atoms with Gasteiger partial charge in [-0.25, -0.2) is 0 Å². The van der Waals surface area contributed by atoms with Crippen molar-refractivity contribution in [2.24, 2.45) is 0 Å². The Morgan fingerprint density at radius 1 is 1.28 bits per heavy atom. The molecule has 9 heteroatoms. The zero-order chi connectivity index (χ0) is 20.4. The first-order valence-electron chi connectivity index (χ1n) is 10.0. The normalized spacial score (nSPS) is 19.0. The van der Waals surface area contributed by atoms with Crippen molar-refractivity contribution in [2.75, 3.05) is 44.6 Å². The largest absolute Gasteiger partial charge is 0.360 e. The number of hydrogen-bond acceptors (Lipinski definition) is 7. The highest BCUT2D eigenvalue weighted by Gasteiger charge is 2.31. The van der Waals surface area contributed by atoms with E-state index in [1.165, 1.54) is 10.4 Å². The van der Waals surface area contributed by atoms with Crippen molar-refractivity contribution < 1.29 is 14.1 Å². The van der Waals surface area contributed by atoms with Crippen LogP contribution in [-0.2, 0) is 22.6 Å². The van der Waals surface area contributed by atoms with E-state index in [-0.39, 0.29) is 17.9 Å². The standard InChI is InChI=1S/C20H27N5O3S/c1-14-11-18(22-28-14)21-19(26)13-23-6-8-24(9-7-23)15(2)20(27)25-5-3-17-16(12-25)4-10-29-17/h4,10-11,15H,3,5-9,12-13H2,1-2H3,(H,21,22,26). The molecule has 2 aromatic heterocycles. The molecule has 156 valence electrons. The van der Waals surface area contributed by atoms with Gasteiger partial charge in [-0.15, -0.1) is 11.3 Å². The van der Waals surface area contributed by atoms with Crippen LogP contribution in [0.3, 0.4) is 0 Å². The fourth-order valence-electron chi connectivity index (χ4n) is 3.98. The lowest BCUT2D eigenvalue weighted by molar-refractivity contribution is -0.138. The van der Waals surface area contributed by atoms with Gasteiger partial charge in [-0.05, 0) is 37.3 Å². The van der Waals surface area contributed by atoms with Crippen molar-refractivity contribution in [1.82, 2.24) is 19.9 Å². The summed E-state index contributed by atoms with van der Waals surface area (Å²) in [6.45, 7) is 8.71. The van der Waals surface area contributed by atoms with Crippen molar-refractivity contribution in [3.8, 4) is 0 Å². The third-order valence-corrected chi connectivity index (χ3v) is 6.72. The number of rotatable bonds is 5. The smallest absolute Gasteiger partial charge is 0.239 e. The van der Waals surface area contributed by atoms with Gasteiger partial charge < -0.3 is 14.7 Å². The molecule has 1 fully saturated rings. The van der Waals surface area contributed by atoms with Crippen LogP contribution in [0.4, 0.5) is 5.82 Å². The summed E-state index contributed by atoms with van der Waals surface area (Å²) >= 11 is 1.79. The van der Waals surface area contributed by atoms with E-state index in [4.69, 9.17) is 4.52 Å². The van der Waals surface area contributed by atoms with Crippen LogP contribution >= 0.6 is 11.3 Å². The monoisotopic (exact) mass is 417 g/mol. The van der Waals surface area contributed by atoms with Crippen molar-refractivity contribution >= 4 is 29.0 Å². The number of aromatic nitrogens is 1. The van der Waals surface area contributed by atoms with Crippen molar-refractivity contribution in [1.29, 1.82) is 0 Å². The summed E-state index contributed by atoms with van der Waals surface area (Å²) in [7, 11) is 0. The van der Waals surface area contributed by atoms with Gasteiger partial charge in [-0.2, -0.15) is 0 Å². The van der Waals surface area contributed by atoms with Crippen LogP contribution in [0.25, 0.3) is 0 Å². The van der Waals surface area contributed by atoms with Gasteiger partial charge in [0, 0.05) is 50.2 Å². The van der Waals surface area contributed by atoms with Gasteiger partial charge >= 0.3 is 0 Å². The van der Waals surface area contributed by atoms with Crippen LogP contribution in [0.2, 0.25) is 0 Å². The minimum Gasteiger partial charge on any atom is -0.360 e. The topological polar surface area (TPSA) is 81.9 Å². The summed E-state index contributed by atoms with van der Waals surface area (Å²) in [5.41, 5.74) is 1.29. The molecule has 0 spiro atoms. The average molecular weight is 418 g/mol. The molecule has 0 aromatic carbocycles. The van der Waals surface area contributed by atoms with E-state index >= 15 is 0 Å². The molecule has 0 radical (unpaired) electrons. The molecule has 0 bridgehead atoms. The maximum Gasteiger partial charge on any atom is 0.239 e. The first-order valence-corrected chi connectivity index (χ1v) is 10.9. The molecule has 0 aliphatic carbocycles. The zero-order valence-corrected chi connectivity index (χ0v) is 17.7. The number of piperazine rings is 1. The van der Waals surface area contributed by atoms with Gasteiger partial charge in [-0.1, -0.05) is 5.16 Å². The highest BCUT2D eigenvalue weighted by atomic mass is 32.1. The second-order valence-electron chi connectivity index (χ2n) is 7.74. The predicted octanol–water partition coefficient (Wildman–Crippen LogP) is 1.57. The van der Waals surface area contributed by atoms with Crippen LogP contribution in [0, 0.1) is 6.92 Å². The number of hydrogen-bond donors (Lipinski definition) is 1. The number of carbonyl (C=O) groups excluding carboxylic acids is 2. The van der Waals surface area contributed by atoms with Gasteiger partial charge in [0.15, 0.2) is 5.82 Å². The number of aryl methyl sites for hydroxylation is 1. The number of fused-ring (bicyclic) bond motifs is 1. The van der Waals surface area contributed by atoms with E-state index in [9.17, 15) is 9.59 Å². The Kier molecular flexibility index (Phi) is 5.98. The van der Waals surface area contributed by atoms with Crippen molar-refractivity contribution in [3.63, 3.8) is 0 Å². The molecule has 8 nitrogen and oxygen atoms in total. The van der Waals surface area contributed by atoms with Crippen LogP contribution < -0.4 is 5.32 Å². The molecule has 4 rings (SSSR count). The van der Waals surface area contributed by atoms with E-state index in [1.54, 1.807) is 24.3 Å². The van der Waals surface area contributed by atoms with E-state index in [0.29, 0.717) is 18.1 Å². The summed E-state index contributed by atoms with van der Waals surface area (Å²) in [4.78, 5) is 32.9. The van der Waals surface area contributed by atoms with E-state index < -0.39 is 0 Å². The summed E-state index contributed by atoms with van der Waals surface area (Å²) in [6.07, 6.45) is 0.958. The lowest BCUT2D eigenvalue weighted by atomic mass is 10.1. The van der Waals surface area contributed by atoms with Gasteiger partial charge in [0.05, 0.1) is 12.6 Å². The Morgan fingerprint density at radius 2 is 2.07 bits per heavy atom. The second-order valence-corrected chi connectivity index (χ2v) is 8.74. The molecule has 2 aromatic rings. The first-order chi connectivity index (χ1) is 14.0. The molecule has 1 atom stereocenters. The van der Waals surface area contributed by atoms with E-state index in [2.05, 4.69) is 31.7 Å². The average Bonchev–Trinajstić information content (AvgIpc) is 3.35. The summed E-state index contributed by atoms with van der Waals surface area (Å²) in [6, 6.07) is 3.70. The predicted molar refractivity (Wildman–Crippen MR) is 111 cm³/mol. The lowest BCUT2D eigenvalue weighted by Gasteiger charge is -2.39. The third-order valence-electron chi connectivity index (χ3n) is 5.69. The first kappa shape index (κ1) is 20.1. The number of amides is 2. The number of anilines is 1. The van der Waals surface area contributed by atoms with Gasteiger partial charge in [-0.3, -0.25) is 19.4 Å². The molecular formula is C20H27N5O3S. The van der Waals surface area contributed by atoms with Crippen molar-refractivity contribution in [3.05, 3.63) is 33.7 Å². The quantitative estimate of drug-likeness (QED) is 0.795. The Hall–Kier alpha value is -2.23. The summed E-state index contributed by atoms with van der Waals surface area (Å²) in [5, 5.41) is 8.65. The minimum absolute atomic E-state index is 0.101. The molecule has 1 N–H and O–H groups in total. The van der Waals surface area contributed by atoms with Crippen LogP contribution in [0.5, 0.6) is 0 Å². The van der Waals surface area contributed by atoms with Gasteiger partial charge in [0.25, 0.3) is 0 Å². The van der Waals surface area contributed by atoms with Crippen LogP contribution in [-0.4, -0.2) is 77.0 Å². The zero-order valence-electron chi connectivity index (χ0n) is 16.9. The molecule has 1 unspecified atom stereocenters. The number of carbonyl (C=O) groups is 2. The fraction of sp³-hybridized carbons (Fsp3) is 0.550. The molecule has 2 aliphatic rings. The van der Waals surface area contributed by atoms with Gasteiger partial charge in [0.1, 0.15) is 5.76 Å². The van der Waals surface area contributed by atoms with E-state index in [0.717, 1.165) is 45.7 Å². The number of thiophene rings is 1. The Labute approximate surface area is 174 Å². The molecule has 29 heavy (non-hydrogen) atoms. The lowest BCUT2D eigenvalue weighted by Crippen LogP contribution is -2.55. The van der Waals surface area contributed by atoms with Crippen LogP contribution in [0.1, 0.15) is 23.1 Å². The van der Waals surface area contributed by atoms with Crippen molar-refractivity contribution in [2.45, 2.75) is 32.9 Å². The third kappa shape index (κ3) is 4.68. The Morgan fingerprint density at radius 3 is 2.79 bits per heavy atom. The molecule has 0 saturated carbocycles. The number of nitrogens with zero attached hydrogens (tertiary/aromatic N) is 4. The maximum absolute atomic E-state index is 13.0. The Bertz CT molecular complexity index is 871. The second kappa shape index (κ2) is 8.64.